The maximum Gasteiger partial charge on any atom is 0.104 e. The normalized spacial score (nSPS) is 30.3. The van der Waals surface area contributed by atoms with Gasteiger partial charge in [-0.25, -0.2) is 0 Å². The summed E-state index contributed by atoms with van der Waals surface area (Å²) in [6.07, 6.45) is 4.14. The minimum absolute atomic E-state index is 0.0932. The molecule has 2 N–H and O–H groups in total. The Bertz CT molecular complexity index is 376. The molecule has 0 amide bonds. The molecule has 18 heavy (non-hydrogen) atoms. The summed E-state index contributed by atoms with van der Waals surface area (Å²) in [4.78, 5) is 1.31. The first kappa shape index (κ1) is 14.0. The van der Waals surface area contributed by atoms with Gasteiger partial charge in [0.05, 0.1) is 6.10 Å². The molecular weight excluding hydrogens is 242 g/mol. The van der Waals surface area contributed by atoms with Crippen LogP contribution >= 0.6 is 11.3 Å². The van der Waals surface area contributed by atoms with Crippen molar-refractivity contribution in [2.45, 2.75) is 52.2 Å². The van der Waals surface area contributed by atoms with Gasteiger partial charge >= 0.3 is 0 Å². The maximum absolute atomic E-state index is 6.27. The third-order valence-electron chi connectivity index (χ3n) is 4.31. The number of hydrogen-bond donors (Lipinski definition) is 1. The molecule has 4 atom stereocenters. The summed E-state index contributed by atoms with van der Waals surface area (Å²) >= 11 is 1.77. The van der Waals surface area contributed by atoms with E-state index in [2.05, 4.69) is 32.2 Å². The highest BCUT2D eigenvalue weighted by Crippen LogP contribution is 2.35. The molecule has 0 radical (unpaired) electrons. The van der Waals surface area contributed by atoms with Crippen LogP contribution in [0.1, 0.15) is 49.7 Å². The fourth-order valence-electron chi connectivity index (χ4n) is 2.79. The number of ether oxygens (including phenoxy) is 1. The second kappa shape index (κ2) is 6.18. The summed E-state index contributed by atoms with van der Waals surface area (Å²) in [7, 11) is 0. The fraction of sp³-hybridized carbons (Fsp3) is 0.733. The highest BCUT2D eigenvalue weighted by Gasteiger charge is 2.27. The van der Waals surface area contributed by atoms with Crippen LogP contribution in [0.4, 0.5) is 0 Å². The highest BCUT2D eigenvalue weighted by atomic mass is 32.1. The highest BCUT2D eigenvalue weighted by molar-refractivity contribution is 7.10. The van der Waals surface area contributed by atoms with Crippen LogP contribution in [0.3, 0.4) is 0 Å². The van der Waals surface area contributed by atoms with Gasteiger partial charge in [-0.05, 0) is 55.0 Å². The smallest absolute Gasteiger partial charge is 0.104 e. The van der Waals surface area contributed by atoms with E-state index in [0.29, 0.717) is 12.6 Å². The molecule has 1 aliphatic rings. The lowest BCUT2D eigenvalue weighted by atomic mass is 9.80. The second-order valence-electron chi connectivity index (χ2n) is 5.72. The first-order chi connectivity index (χ1) is 8.61. The van der Waals surface area contributed by atoms with Gasteiger partial charge in [0.25, 0.3) is 0 Å². The average Bonchev–Trinajstić information content (AvgIpc) is 2.77. The Hall–Kier alpha value is -0.380. The number of hydrogen-bond acceptors (Lipinski definition) is 3. The zero-order chi connectivity index (χ0) is 13.1. The van der Waals surface area contributed by atoms with Gasteiger partial charge in [0.15, 0.2) is 0 Å². The average molecular weight is 267 g/mol. The summed E-state index contributed by atoms with van der Waals surface area (Å²) in [6.45, 7) is 7.42. The Balaban J connectivity index is 1.97. The van der Waals surface area contributed by atoms with E-state index in [0.717, 1.165) is 11.8 Å². The van der Waals surface area contributed by atoms with Gasteiger partial charge in [-0.15, -0.1) is 11.3 Å². The molecule has 0 aromatic carbocycles. The Morgan fingerprint density at radius 1 is 1.39 bits per heavy atom. The van der Waals surface area contributed by atoms with E-state index in [-0.39, 0.29) is 6.10 Å². The quantitative estimate of drug-likeness (QED) is 0.898. The Kier molecular flexibility index (Phi) is 4.82. The SMILES string of the molecule is Cc1ccsc1C(CN)OC1CCC(C)C(C)C1. The lowest BCUT2D eigenvalue weighted by Crippen LogP contribution is -2.30. The zero-order valence-corrected chi connectivity index (χ0v) is 12.5. The standard InChI is InChI=1S/C15H25NOS/c1-10-4-5-13(8-12(10)3)17-14(9-16)15-11(2)6-7-18-15/h6-7,10,12-14H,4-5,8-9,16H2,1-3H3. The predicted molar refractivity (Wildman–Crippen MR) is 77.9 cm³/mol. The topological polar surface area (TPSA) is 35.2 Å². The molecule has 102 valence electrons. The van der Waals surface area contributed by atoms with E-state index in [9.17, 15) is 0 Å². The molecule has 0 spiro atoms. The lowest BCUT2D eigenvalue weighted by molar-refractivity contribution is -0.0436. The van der Waals surface area contributed by atoms with Crippen LogP contribution in [0.5, 0.6) is 0 Å². The Morgan fingerprint density at radius 2 is 2.17 bits per heavy atom. The van der Waals surface area contributed by atoms with Crippen LogP contribution in [0, 0.1) is 18.8 Å². The molecule has 0 aliphatic heterocycles. The molecule has 2 rings (SSSR count). The van der Waals surface area contributed by atoms with Crippen molar-refractivity contribution in [2.75, 3.05) is 6.54 Å². The van der Waals surface area contributed by atoms with Crippen LogP contribution in [0.2, 0.25) is 0 Å². The third-order valence-corrected chi connectivity index (χ3v) is 5.43. The molecule has 0 bridgehead atoms. The molecule has 1 heterocycles. The lowest BCUT2D eigenvalue weighted by Gasteiger charge is -2.34. The molecule has 2 nitrogen and oxygen atoms in total. The van der Waals surface area contributed by atoms with E-state index in [1.807, 2.05) is 0 Å². The summed E-state index contributed by atoms with van der Waals surface area (Å²) in [6, 6.07) is 2.15. The van der Waals surface area contributed by atoms with Crippen LogP contribution < -0.4 is 5.73 Å². The summed E-state index contributed by atoms with van der Waals surface area (Å²) in [5.41, 5.74) is 7.21. The predicted octanol–water partition coefficient (Wildman–Crippen LogP) is 3.90. The monoisotopic (exact) mass is 267 g/mol. The van der Waals surface area contributed by atoms with E-state index in [1.165, 1.54) is 29.7 Å². The molecule has 1 fully saturated rings. The number of thiophene rings is 1. The van der Waals surface area contributed by atoms with E-state index in [4.69, 9.17) is 10.5 Å². The number of aryl methyl sites for hydroxylation is 1. The maximum atomic E-state index is 6.27. The van der Waals surface area contributed by atoms with Crippen molar-refractivity contribution in [3.8, 4) is 0 Å². The summed E-state index contributed by atoms with van der Waals surface area (Å²) in [5, 5.41) is 2.13. The molecule has 3 heteroatoms. The van der Waals surface area contributed by atoms with Crippen molar-refractivity contribution in [3.63, 3.8) is 0 Å². The van der Waals surface area contributed by atoms with Crippen molar-refractivity contribution in [1.82, 2.24) is 0 Å². The minimum Gasteiger partial charge on any atom is -0.368 e. The largest absolute Gasteiger partial charge is 0.368 e. The van der Waals surface area contributed by atoms with Crippen LogP contribution in [-0.2, 0) is 4.74 Å². The van der Waals surface area contributed by atoms with Gasteiger partial charge < -0.3 is 10.5 Å². The third kappa shape index (κ3) is 3.14. The van der Waals surface area contributed by atoms with Gasteiger partial charge in [0.2, 0.25) is 0 Å². The Morgan fingerprint density at radius 3 is 2.72 bits per heavy atom. The molecule has 1 aromatic heterocycles. The van der Waals surface area contributed by atoms with E-state index in [1.54, 1.807) is 11.3 Å². The van der Waals surface area contributed by atoms with Gasteiger partial charge in [0.1, 0.15) is 6.10 Å². The van der Waals surface area contributed by atoms with E-state index >= 15 is 0 Å². The van der Waals surface area contributed by atoms with Gasteiger partial charge in [-0.3, -0.25) is 0 Å². The number of rotatable bonds is 4. The fourth-order valence-corrected chi connectivity index (χ4v) is 3.77. The van der Waals surface area contributed by atoms with Gasteiger partial charge in [-0.2, -0.15) is 0 Å². The van der Waals surface area contributed by atoms with Crippen LogP contribution in [0.25, 0.3) is 0 Å². The molecular formula is C15H25NOS. The van der Waals surface area contributed by atoms with Crippen molar-refractivity contribution in [2.24, 2.45) is 17.6 Å². The van der Waals surface area contributed by atoms with Crippen molar-refractivity contribution < 1.29 is 4.74 Å². The molecule has 4 unspecified atom stereocenters. The minimum atomic E-state index is 0.0932. The number of nitrogens with two attached hydrogens (primary N) is 1. The van der Waals surface area contributed by atoms with Gasteiger partial charge in [-0.1, -0.05) is 13.8 Å². The molecule has 1 aliphatic carbocycles. The van der Waals surface area contributed by atoms with Crippen LogP contribution in [0.15, 0.2) is 11.4 Å². The summed E-state index contributed by atoms with van der Waals surface area (Å²) < 4.78 is 6.27. The second-order valence-corrected chi connectivity index (χ2v) is 6.67. The zero-order valence-electron chi connectivity index (χ0n) is 11.7. The van der Waals surface area contributed by atoms with Crippen LogP contribution in [-0.4, -0.2) is 12.6 Å². The first-order valence-electron chi connectivity index (χ1n) is 7.01. The van der Waals surface area contributed by atoms with Crippen molar-refractivity contribution in [1.29, 1.82) is 0 Å². The van der Waals surface area contributed by atoms with Crippen molar-refractivity contribution >= 4 is 11.3 Å². The van der Waals surface area contributed by atoms with Crippen molar-refractivity contribution in [3.05, 3.63) is 21.9 Å². The summed E-state index contributed by atoms with van der Waals surface area (Å²) in [5.74, 6) is 1.61. The first-order valence-corrected chi connectivity index (χ1v) is 7.89. The molecule has 1 aromatic rings. The van der Waals surface area contributed by atoms with E-state index < -0.39 is 0 Å². The van der Waals surface area contributed by atoms with Gasteiger partial charge in [0, 0.05) is 11.4 Å². The molecule has 1 saturated carbocycles. The Labute approximate surface area is 115 Å². The molecule has 0 saturated heterocycles.